The Kier molecular flexibility index (Phi) is 3.11. The summed E-state index contributed by atoms with van der Waals surface area (Å²) in [5.41, 5.74) is 0.0959. The number of piperidine rings is 2. The first kappa shape index (κ1) is 13.3. The van der Waals surface area contributed by atoms with Crippen molar-refractivity contribution in [1.82, 2.24) is 5.32 Å². The van der Waals surface area contributed by atoms with Crippen molar-refractivity contribution in [3.63, 3.8) is 0 Å². The number of carbonyl (C=O) groups excluding carboxylic acids is 2. The molecular weight excluding hydrogens is 234 g/mol. The molecule has 6 nitrogen and oxygen atoms in total. The number of nitrogens with two attached hydrogens (primary N) is 1. The first-order valence-electron chi connectivity index (χ1n) is 6.43. The Hall–Kier alpha value is -1.14. The molecule has 0 aromatic heterocycles. The van der Waals surface area contributed by atoms with Crippen LogP contribution < -0.4 is 16.3 Å². The molecule has 1 aliphatic carbocycles. The molecule has 3 rings (SSSR count). The van der Waals surface area contributed by atoms with Crippen molar-refractivity contribution in [1.29, 1.82) is 0 Å². The summed E-state index contributed by atoms with van der Waals surface area (Å²) in [4.78, 5) is 22.5. The average Bonchev–Trinajstić information content (AvgIpc) is 2.27. The monoisotopic (exact) mass is 255 g/mol. The molecule has 3 atom stereocenters. The number of fused-ring (bicyclic) bond motifs is 2. The van der Waals surface area contributed by atoms with Crippen LogP contribution in [0.25, 0.3) is 0 Å². The molecule has 2 aliphatic heterocycles. The lowest BCUT2D eigenvalue weighted by Gasteiger charge is -2.61. The van der Waals surface area contributed by atoms with Gasteiger partial charge in [0.2, 0.25) is 0 Å². The topological polar surface area (TPSA) is 95.2 Å². The van der Waals surface area contributed by atoms with Gasteiger partial charge in [-0.1, -0.05) is 13.8 Å². The maximum atomic E-state index is 12.1. The minimum Gasteiger partial charge on any atom is -0.550 e. The molecule has 102 valence electrons. The van der Waals surface area contributed by atoms with Crippen LogP contribution in [0, 0.1) is 11.3 Å². The summed E-state index contributed by atoms with van der Waals surface area (Å²) in [5.74, 6) is 5.73. The quantitative estimate of drug-likeness (QED) is 0.398. The van der Waals surface area contributed by atoms with Gasteiger partial charge >= 0.3 is 6.03 Å². The summed E-state index contributed by atoms with van der Waals surface area (Å²) >= 11 is 0. The van der Waals surface area contributed by atoms with Gasteiger partial charge in [-0.3, -0.25) is 0 Å². The highest BCUT2D eigenvalue weighted by Gasteiger charge is 2.64. The highest BCUT2D eigenvalue weighted by molar-refractivity contribution is 5.69. The van der Waals surface area contributed by atoms with Crippen LogP contribution in [0.5, 0.6) is 0 Å². The lowest BCUT2D eigenvalue weighted by Crippen LogP contribution is -2.79. The van der Waals surface area contributed by atoms with Crippen molar-refractivity contribution in [3.8, 4) is 0 Å². The van der Waals surface area contributed by atoms with E-state index in [9.17, 15) is 14.7 Å². The van der Waals surface area contributed by atoms with Gasteiger partial charge in [0.05, 0.1) is 0 Å². The maximum absolute atomic E-state index is 12.1. The number of hydrogen-bond acceptors (Lipinski definition) is 4. The van der Waals surface area contributed by atoms with E-state index in [4.69, 9.17) is 5.84 Å². The number of urea groups is 1. The Morgan fingerprint density at radius 3 is 2.67 bits per heavy atom. The van der Waals surface area contributed by atoms with Crippen LogP contribution >= 0.6 is 0 Å². The van der Waals surface area contributed by atoms with Gasteiger partial charge in [-0.25, -0.2) is 4.79 Å². The summed E-state index contributed by atoms with van der Waals surface area (Å²) in [6.07, 6.45) is 1.76. The van der Waals surface area contributed by atoms with Crippen molar-refractivity contribution in [2.45, 2.75) is 39.2 Å². The molecule has 2 saturated heterocycles. The molecule has 2 heterocycles. The Morgan fingerprint density at radius 1 is 1.50 bits per heavy atom. The van der Waals surface area contributed by atoms with Crippen molar-refractivity contribution in [2.75, 3.05) is 13.1 Å². The van der Waals surface area contributed by atoms with Crippen molar-refractivity contribution in [2.24, 2.45) is 17.2 Å². The van der Waals surface area contributed by atoms with Gasteiger partial charge < -0.3 is 15.2 Å². The van der Waals surface area contributed by atoms with Crippen molar-refractivity contribution < 1.29 is 19.3 Å². The van der Waals surface area contributed by atoms with Crippen LogP contribution in [0.3, 0.4) is 0 Å². The highest BCUT2D eigenvalue weighted by Crippen LogP contribution is 2.55. The number of quaternary nitrogens is 1. The van der Waals surface area contributed by atoms with Gasteiger partial charge in [0.15, 0.2) is 0 Å². The highest BCUT2D eigenvalue weighted by atomic mass is 16.4. The molecule has 2 amide bonds. The normalized spacial score (nSPS) is 36.6. The van der Waals surface area contributed by atoms with Crippen LogP contribution in [0.4, 0.5) is 4.79 Å². The molecule has 3 aliphatic rings. The third-order valence-corrected chi connectivity index (χ3v) is 4.81. The SMILES string of the molecule is CC1(C)C2CC[N+](N)(C(=O)NCCC(=O)[O-])C1C2. The fraction of sp³-hybridized carbons (Fsp3) is 0.833. The van der Waals surface area contributed by atoms with Gasteiger partial charge in [-0.15, -0.1) is 0 Å². The molecule has 2 bridgehead atoms. The van der Waals surface area contributed by atoms with E-state index in [2.05, 4.69) is 19.2 Å². The molecule has 0 spiro atoms. The summed E-state index contributed by atoms with van der Waals surface area (Å²) < 4.78 is -0.101. The fourth-order valence-corrected chi connectivity index (χ4v) is 3.45. The van der Waals surface area contributed by atoms with Gasteiger partial charge in [-0.05, 0) is 5.92 Å². The van der Waals surface area contributed by atoms with Gasteiger partial charge in [0.25, 0.3) is 0 Å². The van der Waals surface area contributed by atoms with E-state index in [0.717, 1.165) is 12.8 Å². The molecule has 3 fully saturated rings. The van der Waals surface area contributed by atoms with Crippen LogP contribution in [0.2, 0.25) is 0 Å². The van der Waals surface area contributed by atoms with E-state index in [1.165, 1.54) is 0 Å². The van der Waals surface area contributed by atoms with Gasteiger partial charge in [-0.2, -0.15) is 10.4 Å². The Labute approximate surface area is 107 Å². The molecule has 0 aromatic rings. The zero-order chi connectivity index (χ0) is 13.6. The van der Waals surface area contributed by atoms with E-state index >= 15 is 0 Å². The third-order valence-electron chi connectivity index (χ3n) is 4.81. The number of nitrogens with one attached hydrogen (secondary N) is 1. The predicted molar refractivity (Wildman–Crippen MR) is 62.6 cm³/mol. The maximum Gasteiger partial charge on any atom is 0.435 e. The number of carboxylic acid groups (broad SMARTS) is 1. The van der Waals surface area contributed by atoms with Crippen LogP contribution in [-0.2, 0) is 4.79 Å². The van der Waals surface area contributed by atoms with E-state index < -0.39 is 5.97 Å². The van der Waals surface area contributed by atoms with Crippen LogP contribution in [0.15, 0.2) is 0 Å². The zero-order valence-corrected chi connectivity index (χ0v) is 10.9. The Bertz CT molecular complexity index is 381. The van der Waals surface area contributed by atoms with E-state index in [-0.39, 0.29) is 35.0 Å². The number of carbonyl (C=O) groups is 2. The second-order valence-electron chi connectivity index (χ2n) is 6.07. The molecule has 3 unspecified atom stereocenters. The van der Waals surface area contributed by atoms with E-state index in [0.29, 0.717) is 12.5 Å². The number of aliphatic carboxylic acids is 1. The summed E-state index contributed by atoms with van der Waals surface area (Å²) in [6.45, 7) is 5.02. The molecule has 0 radical (unpaired) electrons. The third kappa shape index (κ3) is 1.89. The van der Waals surface area contributed by atoms with Crippen LogP contribution in [0.1, 0.15) is 33.1 Å². The standard InChI is InChI=1S/C12H21N3O3/c1-12(2)8-4-6-15(13,9(12)7-8)11(18)14-5-3-10(16)17/h8-9H,3-7,13H2,1-2H3,(H-,14,16,17,18). The smallest absolute Gasteiger partial charge is 0.435 e. The molecular formula is C12H21N3O3. The van der Waals surface area contributed by atoms with Crippen molar-refractivity contribution >= 4 is 12.0 Å². The number of carboxylic acids is 1. The molecule has 6 heteroatoms. The number of rotatable bonds is 3. The summed E-state index contributed by atoms with van der Waals surface area (Å²) in [6, 6.07) is -0.133. The van der Waals surface area contributed by atoms with E-state index in [1.54, 1.807) is 0 Å². The first-order valence-corrected chi connectivity index (χ1v) is 6.43. The Balaban J connectivity index is 1.98. The average molecular weight is 255 g/mol. The minimum atomic E-state index is -1.17. The largest absolute Gasteiger partial charge is 0.550 e. The molecule has 1 saturated carbocycles. The zero-order valence-electron chi connectivity index (χ0n) is 10.9. The first-order chi connectivity index (χ1) is 8.28. The fourth-order valence-electron chi connectivity index (χ4n) is 3.45. The van der Waals surface area contributed by atoms with Crippen LogP contribution in [-0.4, -0.2) is 35.7 Å². The second-order valence-corrected chi connectivity index (χ2v) is 6.07. The molecule has 3 N–H and O–H groups in total. The Morgan fingerprint density at radius 2 is 2.17 bits per heavy atom. The predicted octanol–water partition coefficient (Wildman–Crippen LogP) is -0.655. The second kappa shape index (κ2) is 4.20. The van der Waals surface area contributed by atoms with Gasteiger partial charge in [0, 0.05) is 37.2 Å². The molecule has 18 heavy (non-hydrogen) atoms. The number of nitrogens with zero attached hydrogens (tertiary/aromatic N) is 1. The van der Waals surface area contributed by atoms with Gasteiger partial charge in [0.1, 0.15) is 12.6 Å². The number of hydrogen-bond donors (Lipinski definition) is 2. The number of amides is 2. The van der Waals surface area contributed by atoms with E-state index in [1.807, 2.05) is 0 Å². The molecule has 0 aromatic carbocycles. The lowest BCUT2D eigenvalue weighted by molar-refractivity contribution is -0.917. The minimum absolute atomic E-state index is 0.0783. The van der Waals surface area contributed by atoms with Crippen molar-refractivity contribution in [3.05, 3.63) is 0 Å². The summed E-state index contributed by atoms with van der Waals surface area (Å²) in [5, 5.41) is 12.9. The summed E-state index contributed by atoms with van der Waals surface area (Å²) in [7, 11) is 0. The lowest BCUT2D eigenvalue weighted by atomic mass is 9.54.